The van der Waals surface area contributed by atoms with E-state index in [1.165, 1.54) is 0 Å². The van der Waals surface area contributed by atoms with E-state index in [4.69, 9.17) is 9.47 Å². The van der Waals surface area contributed by atoms with Gasteiger partial charge in [-0.2, -0.15) is 0 Å². The van der Waals surface area contributed by atoms with Crippen LogP contribution in [0.4, 0.5) is 13.6 Å². The molecular weight excluding hydrogens is 330 g/mol. The summed E-state index contributed by atoms with van der Waals surface area (Å²) in [5, 5.41) is 2.80. The molecule has 2 aliphatic rings. The van der Waals surface area contributed by atoms with E-state index >= 15 is 0 Å². The van der Waals surface area contributed by atoms with Crippen LogP contribution in [-0.2, 0) is 15.9 Å². The SMILES string of the molecule is CC1CN(C(=O)NCCc2cc(F)ccc2F)CC2(CCOCC2)O1. The number of halogens is 2. The van der Waals surface area contributed by atoms with Gasteiger partial charge in [0.15, 0.2) is 0 Å². The molecule has 0 bridgehead atoms. The molecule has 0 aliphatic carbocycles. The highest BCUT2D eigenvalue weighted by Gasteiger charge is 2.42. The van der Waals surface area contributed by atoms with Gasteiger partial charge in [-0.1, -0.05) is 0 Å². The highest BCUT2D eigenvalue weighted by molar-refractivity contribution is 5.74. The number of hydrogen-bond donors (Lipinski definition) is 1. The lowest BCUT2D eigenvalue weighted by Crippen LogP contribution is -2.60. The summed E-state index contributed by atoms with van der Waals surface area (Å²) in [5.41, 5.74) is -0.0707. The van der Waals surface area contributed by atoms with Gasteiger partial charge in [-0.3, -0.25) is 0 Å². The summed E-state index contributed by atoms with van der Waals surface area (Å²) in [6.45, 7) is 4.53. The van der Waals surface area contributed by atoms with E-state index in [-0.39, 0.29) is 36.3 Å². The van der Waals surface area contributed by atoms with Crippen molar-refractivity contribution in [2.45, 2.75) is 37.9 Å². The van der Waals surface area contributed by atoms with Crippen molar-refractivity contribution in [3.8, 4) is 0 Å². The first-order valence-electron chi connectivity index (χ1n) is 8.70. The van der Waals surface area contributed by atoms with Crippen LogP contribution in [0.3, 0.4) is 0 Å². The van der Waals surface area contributed by atoms with Crippen LogP contribution in [0.15, 0.2) is 18.2 Å². The number of benzene rings is 1. The Labute approximate surface area is 146 Å². The Bertz CT molecular complexity index is 620. The predicted molar refractivity (Wildman–Crippen MR) is 88.4 cm³/mol. The molecule has 0 saturated carbocycles. The van der Waals surface area contributed by atoms with Crippen molar-refractivity contribution in [3.63, 3.8) is 0 Å². The molecule has 1 aromatic carbocycles. The smallest absolute Gasteiger partial charge is 0.317 e. The Balaban J connectivity index is 1.54. The maximum absolute atomic E-state index is 13.6. The normalized spacial score (nSPS) is 22.8. The van der Waals surface area contributed by atoms with Gasteiger partial charge in [0.05, 0.1) is 18.2 Å². The maximum Gasteiger partial charge on any atom is 0.317 e. The fourth-order valence-electron chi connectivity index (χ4n) is 3.55. The lowest BCUT2D eigenvalue weighted by molar-refractivity contribution is -0.175. The number of morpholine rings is 1. The van der Waals surface area contributed by atoms with Crippen molar-refractivity contribution in [2.75, 3.05) is 32.8 Å². The lowest BCUT2D eigenvalue weighted by atomic mass is 9.91. The topological polar surface area (TPSA) is 50.8 Å². The Hall–Kier alpha value is -1.73. The zero-order chi connectivity index (χ0) is 17.9. The quantitative estimate of drug-likeness (QED) is 0.907. The Kier molecular flexibility index (Phi) is 5.54. The first-order chi connectivity index (χ1) is 12.0. The van der Waals surface area contributed by atoms with Gasteiger partial charge in [-0.05, 0) is 37.1 Å². The van der Waals surface area contributed by atoms with Gasteiger partial charge in [0.1, 0.15) is 11.6 Å². The summed E-state index contributed by atoms with van der Waals surface area (Å²) in [5.74, 6) is -0.942. The summed E-state index contributed by atoms with van der Waals surface area (Å²) in [7, 11) is 0. The minimum Gasteiger partial charge on any atom is -0.381 e. The molecule has 1 aromatic rings. The van der Waals surface area contributed by atoms with Crippen molar-refractivity contribution >= 4 is 6.03 Å². The summed E-state index contributed by atoms with van der Waals surface area (Å²) in [6.07, 6.45) is 1.75. The number of amides is 2. The number of carbonyl (C=O) groups is 1. The van der Waals surface area contributed by atoms with Crippen LogP contribution in [-0.4, -0.2) is 55.5 Å². The molecule has 7 heteroatoms. The van der Waals surface area contributed by atoms with Crippen LogP contribution in [0.2, 0.25) is 0 Å². The van der Waals surface area contributed by atoms with E-state index in [2.05, 4.69) is 5.32 Å². The fraction of sp³-hybridized carbons (Fsp3) is 0.611. The van der Waals surface area contributed by atoms with Crippen LogP contribution in [0.5, 0.6) is 0 Å². The lowest BCUT2D eigenvalue weighted by Gasteiger charge is -2.47. The van der Waals surface area contributed by atoms with E-state index in [0.29, 0.717) is 26.3 Å². The minimum atomic E-state index is -0.480. The summed E-state index contributed by atoms with van der Waals surface area (Å²) in [6, 6.07) is 3.15. The van der Waals surface area contributed by atoms with Crippen LogP contribution in [0, 0.1) is 11.6 Å². The Morgan fingerprint density at radius 2 is 2.12 bits per heavy atom. The van der Waals surface area contributed by atoms with Crippen molar-refractivity contribution < 1.29 is 23.0 Å². The van der Waals surface area contributed by atoms with Gasteiger partial charge in [0, 0.05) is 39.1 Å². The second-order valence-corrected chi connectivity index (χ2v) is 6.82. The number of carbonyl (C=O) groups excluding carboxylic acids is 1. The third-order valence-electron chi connectivity index (χ3n) is 4.78. The zero-order valence-electron chi connectivity index (χ0n) is 14.4. The van der Waals surface area contributed by atoms with Crippen molar-refractivity contribution in [1.29, 1.82) is 0 Å². The number of hydrogen-bond acceptors (Lipinski definition) is 3. The van der Waals surface area contributed by atoms with Crippen LogP contribution >= 0.6 is 0 Å². The summed E-state index contributed by atoms with van der Waals surface area (Å²) >= 11 is 0. The molecule has 1 N–H and O–H groups in total. The molecule has 2 saturated heterocycles. The largest absolute Gasteiger partial charge is 0.381 e. The molecule has 1 atom stereocenters. The van der Waals surface area contributed by atoms with Gasteiger partial charge in [0.25, 0.3) is 0 Å². The van der Waals surface area contributed by atoms with Crippen LogP contribution < -0.4 is 5.32 Å². The standard InChI is InChI=1S/C18H24F2N2O3/c1-13-11-22(12-18(25-13)5-8-24-9-6-18)17(23)21-7-4-14-10-15(19)2-3-16(14)20/h2-3,10,13H,4-9,11-12H2,1H3,(H,21,23). The Morgan fingerprint density at radius 3 is 2.88 bits per heavy atom. The van der Waals surface area contributed by atoms with Crippen molar-refractivity contribution in [1.82, 2.24) is 10.2 Å². The van der Waals surface area contributed by atoms with E-state index in [1.54, 1.807) is 4.90 Å². The number of urea groups is 1. The van der Waals surface area contributed by atoms with E-state index in [1.807, 2.05) is 6.92 Å². The number of ether oxygens (including phenoxy) is 2. The minimum absolute atomic E-state index is 0.0433. The highest BCUT2D eigenvalue weighted by atomic mass is 19.1. The molecule has 1 unspecified atom stereocenters. The first kappa shape index (κ1) is 18.1. The molecular formula is C18H24F2N2O3. The maximum atomic E-state index is 13.6. The third-order valence-corrected chi connectivity index (χ3v) is 4.78. The molecule has 2 fully saturated rings. The van der Waals surface area contributed by atoms with E-state index < -0.39 is 11.6 Å². The molecule has 2 heterocycles. The second kappa shape index (κ2) is 7.66. The molecule has 138 valence electrons. The monoisotopic (exact) mass is 354 g/mol. The van der Waals surface area contributed by atoms with Gasteiger partial charge in [-0.15, -0.1) is 0 Å². The van der Waals surface area contributed by atoms with Gasteiger partial charge < -0.3 is 19.7 Å². The molecule has 3 rings (SSSR count). The molecule has 0 aromatic heterocycles. The van der Waals surface area contributed by atoms with E-state index in [9.17, 15) is 13.6 Å². The van der Waals surface area contributed by atoms with Crippen molar-refractivity contribution in [2.24, 2.45) is 0 Å². The number of nitrogens with zero attached hydrogens (tertiary/aromatic N) is 1. The number of rotatable bonds is 3. The second-order valence-electron chi connectivity index (χ2n) is 6.82. The molecule has 0 radical (unpaired) electrons. The molecule has 5 nitrogen and oxygen atoms in total. The third kappa shape index (κ3) is 4.46. The van der Waals surface area contributed by atoms with Crippen molar-refractivity contribution in [3.05, 3.63) is 35.4 Å². The van der Waals surface area contributed by atoms with Gasteiger partial charge >= 0.3 is 6.03 Å². The molecule has 2 amide bonds. The molecule has 2 aliphatic heterocycles. The highest BCUT2D eigenvalue weighted by Crippen LogP contribution is 2.31. The predicted octanol–water partition coefficient (Wildman–Crippen LogP) is 2.49. The van der Waals surface area contributed by atoms with Gasteiger partial charge in [0.2, 0.25) is 0 Å². The zero-order valence-corrected chi connectivity index (χ0v) is 14.4. The van der Waals surface area contributed by atoms with Crippen LogP contribution in [0.25, 0.3) is 0 Å². The summed E-state index contributed by atoms with van der Waals surface area (Å²) < 4.78 is 38.3. The average molecular weight is 354 g/mol. The summed E-state index contributed by atoms with van der Waals surface area (Å²) in [4.78, 5) is 14.2. The average Bonchev–Trinajstić information content (AvgIpc) is 2.58. The molecule has 1 spiro atoms. The number of nitrogens with one attached hydrogen (secondary N) is 1. The first-order valence-corrected chi connectivity index (χ1v) is 8.70. The Morgan fingerprint density at radius 1 is 1.36 bits per heavy atom. The van der Waals surface area contributed by atoms with Crippen LogP contribution in [0.1, 0.15) is 25.3 Å². The van der Waals surface area contributed by atoms with E-state index in [0.717, 1.165) is 31.0 Å². The van der Waals surface area contributed by atoms with Gasteiger partial charge in [-0.25, -0.2) is 13.6 Å². The fourth-order valence-corrected chi connectivity index (χ4v) is 3.55. The molecule has 25 heavy (non-hydrogen) atoms.